The molecule has 0 bridgehead atoms. The minimum atomic E-state index is -0.267. The Labute approximate surface area is 133 Å². The number of carbonyl (C=O) groups is 1. The number of nitrogens with zero attached hydrogens (tertiary/aromatic N) is 1. The molecule has 116 valence electrons. The zero-order valence-electron chi connectivity index (χ0n) is 12.6. The van der Waals surface area contributed by atoms with Crippen LogP contribution in [0.4, 0.5) is 4.39 Å². The Morgan fingerprint density at radius 3 is 2.68 bits per heavy atom. The van der Waals surface area contributed by atoms with E-state index in [1.807, 2.05) is 24.8 Å². The minimum Gasteiger partial charge on any atom is -0.463 e. The van der Waals surface area contributed by atoms with Crippen molar-refractivity contribution in [1.82, 2.24) is 4.90 Å². The van der Waals surface area contributed by atoms with Gasteiger partial charge in [0.2, 0.25) is 5.91 Å². The van der Waals surface area contributed by atoms with Gasteiger partial charge in [0.05, 0.1) is 0 Å². The predicted molar refractivity (Wildman–Crippen MR) is 84.9 cm³/mol. The summed E-state index contributed by atoms with van der Waals surface area (Å²) in [5.74, 6) is 2.34. The highest BCUT2D eigenvalue weighted by Crippen LogP contribution is 2.39. The molecule has 5 heteroatoms. The summed E-state index contributed by atoms with van der Waals surface area (Å²) in [5.41, 5.74) is 2.01. The monoisotopic (exact) mass is 319 g/mol. The Hall–Kier alpha value is -1.75. The van der Waals surface area contributed by atoms with Gasteiger partial charge in [-0.15, -0.1) is 11.8 Å². The van der Waals surface area contributed by atoms with Crippen LogP contribution in [-0.4, -0.2) is 16.6 Å². The molecule has 1 fully saturated rings. The Morgan fingerprint density at radius 1 is 1.32 bits per heavy atom. The number of halogens is 1. The van der Waals surface area contributed by atoms with E-state index in [-0.39, 0.29) is 17.1 Å². The molecule has 1 aliphatic heterocycles. The molecule has 0 saturated carbocycles. The summed E-state index contributed by atoms with van der Waals surface area (Å²) in [6, 6.07) is 8.29. The number of hydrogen-bond donors (Lipinski definition) is 0. The van der Waals surface area contributed by atoms with Crippen LogP contribution in [0.15, 0.2) is 34.7 Å². The Balaban J connectivity index is 1.86. The Kier molecular flexibility index (Phi) is 4.25. The average Bonchev–Trinajstić information content (AvgIpc) is 2.83. The van der Waals surface area contributed by atoms with E-state index in [2.05, 4.69) is 0 Å². The van der Waals surface area contributed by atoms with Crippen molar-refractivity contribution in [3.05, 3.63) is 58.8 Å². The van der Waals surface area contributed by atoms with Crippen LogP contribution in [0, 0.1) is 19.7 Å². The van der Waals surface area contributed by atoms with E-state index < -0.39 is 0 Å². The number of amides is 1. The highest BCUT2D eigenvalue weighted by molar-refractivity contribution is 7.99. The van der Waals surface area contributed by atoms with Gasteiger partial charge in [-0.1, -0.05) is 12.1 Å². The summed E-state index contributed by atoms with van der Waals surface area (Å²) >= 11 is 1.71. The number of benzene rings is 1. The molecule has 1 unspecified atom stereocenters. The molecule has 1 atom stereocenters. The van der Waals surface area contributed by atoms with E-state index in [0.29, 0.717) is 13.0 Å². The van der Waals surface area contributed by atoms with Crippen molar-refractivity contribution in [2.24, 2.45) is 0 Å². The third-order valence-electron chi connectivity index (χ3n) is 3.89. The lowest BCUT2D eigenvalue weighted by atomic mass is 10.2. The van der Waals surface area contributed by atoms with E-state index in [0.717, 1.165) is 28.4 Å². The predicted octanol–water partition coefficient (Wildman–Crippen LogP) is 4.20. The summed E-state index contributed by atoms with van der Waals surface area (Å²) in [6.07, 6.45) is 0.529. The first-order chi connectivity index (χ1) is 10.5. The topological polar surface area (TPSA) is 33.5 Å². The zero-order chi connectivity index (χ0) is 15.7. The number of furan rings is 1. The first-order valence-corrected chi connectivity index (χ1v) is 8.32. The molecule has 22 heavy (non-hydrogen) atoms. The summed E-state index contributed by atoms with van der Waals surface area (Å²) in [6.45, 7) is 4.40. The van der Waals surface area contributed by atoms with Crippen LogP contribution in [0.5, 0.6) is 0 Å². The molecule has 0 spiro atoms. The standard InChI is InChI=1S/C17H18FNO2S/c1-11-9-15(21-12(11)2)17-19(16(20)7-8-22-17)10-13-3-5-14(18)6-4-13/h3-6,9,17H,7-8,10H2,1-2H3. The van der Waals surface area contributed by atoms with E-state index in [4.69, 9.17) is 4.42 Å². The van der Waals surface area contributed by atoms with Crippen molar-refractivity contribution >= 4 is 17.7 Å². The van der Waals surface area contributed by atoms with E-state index >= 15 is 0 Å². The Morgan fingerprint density at radius 2 is 2.05 bits per heavy atom. The molecule has 1 saturated heterocycles. The summed E-state index contributed by atoms with van der Waals surface area (Å²) < 4.78 is 18.8. The highest BCUT2D eigenvalue weighted by Gasteiger charge is 2.32. The molecule has 1 aliphatic rings. The molecule has 0 aliphatic carbocycles. The van der Waals surface area contributed by atoms with Gasteiger partial charge in [0, 0.05) is 18.7 Å². The third kappa shape index (κ3) is 3.04. The Bertz CT molecular complexity index is 661. The zero-order valence-corrected chi connectivity index (χ0v) is 13.5. The highest BCUT2D eigenvalue weighted by atomic mass is 32.2. The number of rotatable bonds is 3. The van der Waals surface area contributed by atoms with Gasteiger partial charge in [0.1, 0.15) is 22.7 Å². The lowest BCUT2D eigenvalue weighted by molar-refractivity contribution is -0.133. The molecule has 2 aromatic rings. The summed E-state index contributed by atoms with van der Waals surface area (Å²) in [7, 11) is 0. The van der Waals surface area contributed by atoms with Crippen LogP contribution in [-0.2, 0) is 11.3 Å². The smallest absolute Gasteiger partial charge is 0.224 e. The summed E-state index contributed by atoms with van der Waals surface area (Å²) in [5, 5.41) is -0.112. The van der Waals surface area contributed by atoms with Crippen molar-refractivity contribution in [3.8, 4) is 0 Å². The van der Waals surface area contributed by atoms with Crippen molar-refractivity contribution < 1.29 is 13.6 Å². The van der Waals surface area contributed by atoms with E-state index in [1.165, 1.54) is 12.1 Å². The van der Waals surface area contributed by atoms with Gasteiger partial charge in [0.15, 0.2) is 0 Å². The van der Waals surface area contributed by atoms with Gasteiger partial charge < -0.3 is 9.32 Å². The first-order valence-electron chi connectivity index (χ1n) is 7.27. The van der Waals surface area contributed by atoms with Crippen molar-refractivity contribution in [3.63, 3.8) is 0 Å². The van der Waals surface area contributed by atoms with Gasteiger partial charge in [-0.3, -0.25) is 4.79 Å². The largest absolute Gasteiger partial charge is 0.463 e. The second-order valence-electron chi connectivity index (χ2n) is 5.51. The third-order valence-corrected chi connectivity index (χ3v) is 5.13. The maximum absolute atomic E-state index is 13.0. The van der Waals surface area contributed by atoms with Crippen molar-refractivity contribution in [2.75, 3.05) is 5.75 Å². The van der Waals surface area contributed by atoms with Gasteiger partial charge in [-0.05, 0) is 43.2 Å². The van der Waals surface area contributed by atoms with E-state index in [9.17, 15) is 9.18 Å². The average molecular weight is 319 g/mol. The maximum Gasteiger partial charge on any atom is 0.224 e. The molecule has 3 rings (SSSR count). The fraction of sp³-hybridized carbons (Fsp3) is 0.353. The number of thioether (sulfide) groups is 1. The first kappa shape index (κ1) is 15.2. The quantitative estimate of drug-likeness (QED) is 0.850. The molecule has 1 amide bonds. The van der Waals surface area contributed by atoms with Gasteiger partial charge >= 0.3 is 0 Å². The molecule has 0 N–H and O–H groups in total. The fourth-order valence-corrected chi connectivity index (χ4v) is 3.71. The number of carbonyl (C=O) groups excluding carboxylic acids is 1. The van der Waals surface area contributed by atoms with Crippen LogP contribution >= 0.6 is 11.8 Å². The normalized spacial score (nSPS) is 18.8. The maximum atomic E-state index is 13.0. The molecular weight excluding hydrogens is 301 g/mol. The van der Waals surface area contributed by atoms with Crippen LogP contribution < -0.4 is 0 Å². The fourth-order valence-electron chi connectivity index (χ4n) is 2.54. The molecule has 1 aromatic carbocycles. The van der Waals surface area contributed by atoms with Gasteiger partial charge in [0.25, 0.3) is 0 Å². The second kappa shape index (κ2) is 6.16. The van der Waals surface area contributed by atoms with Crippen LogP contribution in [0.1, 0.15) is 34.4 Å². The van der Waals surface area contributed by atoms with Crippen molar-refractivity contribution in [1.29, 1.82) is 0 Å². The SMILES string of the molecule is Cc1cc(C2SCCC(=O)N2Cc2ccc(F)cc2)oc1C. The molecule has 1 aromatic heterocycles. The number of hydrogen-bond acceptors (Lipinski definition) is 3. The van der Waals surface area contributed by atoms with Crippen LogP contribution in [0.3, 0.4) is 0 Å². The van der Waals surface area contributed by atoms with Gasteiger partial charge in [-0.2, -0.15) is 0 Å². The lowest BCUT2D eigenvalue weighted by Gasteiger charge is -2.34. The van der Waals surface area contributed by atoms with Crippen molar-refractivity contribution in [2.45, 2.75) is 32.2 Å². The molecular formula is C17H18FNO2S. The molecule has 2 heterocycles. The summed E-state index contributed by atoms with van der Waals surface area (Å²) in [4.78, 5) is 14.2. The van der Waals surface area contributed by atoms with Crippen LogP contribution in [0.25, 0.3) is 0 Å². The number of aryl methyl sites for hydroxylation is 2. The molecule has 3 nitrogen and oxygen atoms in total. The van der Waals surface area contributed by atoms with Gasteiger partial charge in [-0.25, -0.2) is 4.39 Å². The lowest BCUT2D eigenvalue weighted by Crippen LogP contribution is -2.36. The molecule has 0 radical (unpaired) electrons. The van der Waals surface area contributed by atoms with Crippen LogP contribution in [0.2, 0.25) is 0 Å². The van der Waals surface area contributed by atoms with E-state index in [1.54, 1.807) is 23.9 Å². The second-order valence-corrected chi connectivity index (χ2v) is 6.70. The minimum absolute atomic E-state index is 0.111.